The second kappa shape index (κ2) is 4.45. The molecule has 0 amide bonds. The zero-order valence-corrected chi connectivity index (χ0v) is 11.1. The van der Waals surface area contributed by atoms with Crippen molar-refractivity contribution in [3.63, 3.8) is 0 Å². The number of carbonyl (C=O) groups is 1. The summed E-state index contributed by atoms with van der Waals surface area (Å²) < 4.78 is 9.92. The summed E-state index contributed by atoms with van der Waals surface area (Å²) >= 11 is 0. The lowest BCUT2D eigenvalue weighted by atomic mass is 10.1. The quantitative estimate of drug-likeness (QED) is 0.703. The van der Waals surface area contributed by atoms with Gasteiger partial charge in [0.1, 0.15) is 5.56 Å². The summed E-state index contributed by atoms with van der Waals surface area (Å²) in [6, 6.07) is 9.28. The first-order valence-corrected chi connectivity index (χ1v) is 6.06. The van der Waals surface area contributed by atoms with E-state index in [1.165, 1.54) is 14.2 Å². The molecule has 20 heavy (non-hydrogen) atoms. The SMILES string of the molecule is COC(=O)c1cc2c([nH]c3ccccc32)c(OC)c1O. The second-order valence-corrected chi connectivity index (χ2v) is 4.39. The van der Waals surface area contributed by atoms with E-state index in [1.54, 1.807) is 6.07 Å². The average Bonchev–Trinajstić information content (AvgIpc) is 2.84. The van der Waals surface area contributed by atoms with Crippen molar-refractivity contribution in [1.29, 1.82) is 0 Å². The zero-order chi connectivity index (χ0) is 14.3. The minimum Gasteiger partial charge on any atom is -0.504 e. The molecule has 0 aliphatic carbocycles. The summed E-state index contributed by atoms with van der Waals surface area (Å²) in [7, 11) is 2.72. The Kier molecular flexibility index (Phi) is 2.75. The van der Waals surface area contributed by atoms with Crippen molar-refractivity contribution >= 4 is 27.8 Å². The van der Waals surface area contributed by atoms with Gasteiger partial charge in [-0.3, -0.25) is 0 Å². The maximum atomic E-state index is 11.8. The fourth-order valence-corrected chi connectivity index (χ4v) is 2.41. The van der Waals surface area contributed by atoms with Crippen LogP contribution in [-0.4, -0.2) is 30.3 Å². The number of hydrogen-bond donors (Lipinski definition) is 2. The van der Waals surface area contributed by atoms with Gasteiger partial charge < -0.3 is 19.6 Å². The van der Waals surface area contributed by atoms with E-state index in [9.17, 15) is 9.90 Å². The van der Waals surface area contributed by atoms with E-state index < -0.39 is 5.97 Å². The van der Waals surface area contributed by atoms with Gasteiger partial charge in [0.05, 0.1) is 19.7 Å². The lowest BCUT2D eigenvalue weighted by Gasteiger charge is -2.09. The number of nitrogens with one attached hydrogen (secondary N) is 1. The Labute approximate surface area is 114 Å². The van der Waals surface area contributed by atoms with Crippen molar-refractivity contribution in [2.75, 3.05) is 14.2 Å². The van der Waals surface area contributed by atoms with Gasteiger partial charge in [0.25, 0.3) is 0 Å². The molecule has 0 fully saturated rings. The van der Waals surface area contributed by atoms with Crippen molar-refractivity contribution in [1.82, 2.24) is 4.98 Å². The second-order valence-electron chi connectivity index (χ2n) is 4.39. The molecule has 0 aliphatic rings. The Balaban J connectivity index is 2.47. The van der Waals surface area contributed by atoms with Crippen LogP contribution in [0.3, 0.4) is 0 Å². The van der Waals surface area contributed by atoms with Crippen LogP contribution in [-0.2, 0) is 4.74 Å². The number of phenolic OH excluding ortho intramolecular Hbond substituents is 1. The van der Waals surface area contributed by atoms with Crippen molar-refractivity contribution in [2.24, 2.45) is 0 Å². The standard InChI is InChI=1S/C15H13NO4/c1-19-14-12-9(7-10(13(14)17)15(18)20-2)8-5-3-4-6-11(8)16-12/h3-7,16-17H,1-2H3. The Morgan fingerprint density at radius 3 is 2.65 bits per heavy atom. The lowest BCUT2D eigenvalue weighted by molar-refractivity contribution is 0.0597. The van der Waals surface area contributed by atoms with Gasteiger partial charge in [0, 0.05) is 16.3 Å². The predicted molar refractivity (Wildman–Crippen MR) is 75.4 cm³/mol. The molecule has 3 aromatic rings. The number of methoxy groups -OCH3 is 2. The molecule has 1 aromatic heterocycles. The summed E-state index contributed by atoms with van der Waals surface area (Å²) in [5.41, 5.74) is 1.64. The summed E-state index contributed by atoms with van der Waals surface area (Å²) in [5, 5.41) is 11.9. The molecule has 0 radical (unpaired) electrons. The highest BCUT2D eigenvalue weighted by Crippen LogP contribution is 2.40. The summed E-state index contributed by atoms with van der Waals surface area (Å²) in [6.45, 7) is 0. The van der Waals surface area contributed by atoms with E-state index in [1.807, 2.05) is 24.3 Å². The monoisotopic (exact) mass is 271 g/mol. The van der Waals surface area contributed by atoms with Gasteiger partial charge in [0.2, 0.25) is 0 Å². The maximum absolute atomic E-state index is 11.8. The van der Waals surface area contributed by atoms with Gasteiger partial charge in [-0.05, 0) is 12.1 Å². The number of aromatic amines is 1. The van der Waals surface area contributed by atoms with Gasteiger partial charge >= 0.3 is 5.97 Å². The molecule has 0 aliphatic heterocycles. The van der Waals surface area contributed by atoms with Crippen LogP contribution in [0.15, 0.2) is 30.3 Å². The minimum atomic E-state index is -0.604. The van der Waals surface area contributed by atoms with E-state index in [0.29, 0.717) is 5.52 Å². The van der Waals surface area contributed by atoms with Crippen LogP contribution in [0.25, 0.3) is 21.8 Å². The van der Waals surface area contributed by atoms with Crippen molar-refractivity contribution in [3.8, 4) is 11.5 Å². The summed E-state index contributed by atoms with van der Waals surface area (Å²) in [6.07, 6.45) is 0. The number of esters is 1. The normalized spacial score (nSPS) is 10.9. The van der Waals surface area contributed by atoms with Crippen molar-refractivity contribution in [2.45, 2.75) is 0 Å². The number of ether oxygens (including phenoxy) is 2. The first-order chi connectivity index (χ1) is 9.67. The topological polar surface area (TPSA) is 71.6 Å². The van der Waals surface area contributed by atoms with Gasteiger partial charge in [-0.2, -0.15) is 0 Å². The Bertz CT molecular complexity index is 819. The third kappa shape index (κ3) is 1.60. The van der Waals surface area contributed by atoms with E-state index in [0.717, 1.165) is 16.3 Å². The predicted octanol–water partition coefficient (Wildman–Crippen LogP) is 2.82. The molecule has 5 nitrogen and oxygen atoms in total. The zero-order valence-electron chi connectivity index (χ0n) is 11.1. The van der Waals surface area contributed by atoms with Crippen LogP contribution in [0, 0.1) is 0 Å². The fraction of sp³-hybridized carbons (Fsp3) is 0.133. The number of benzene rings is 2. The lowest BCUT2D eigenvalue weighted by Crippen LogP contribution is -2.02. The molecule has 1 heterocycles. The highest BCUT2D eigenvalue weighted by atomic mass is 16.5. The number of aromatic nitrogens is 1. The van der Waals surface area contributed by atoms with Crippen LogP contribution in [0.4, 0.5) is 0 Å². The molecule has 3 rings (SSSR count). The molecule has 0 saturated heterocycles. The third-order valence-electron chi connectivity index (χ3n) is 3.34. The number of aromatic hydroxyl groups is 1. The molecule has 2 aromatic carbocycles. The largest absolute Gasteiger partial charge is 0.504 e. The van der Waals surface area contributed by atoms with Crippen LogP contribution in [0.5, 0.6) is 11.5 Å². The summed E-state index contributed by atoms with van der Waals surface area (Å²) in [5.74, 6) is -0.592. The number of carbonyl (C=O) groups excluding carboxylic acids is 1. The maximum Gasteiger partial charge on any atom is 0.341 e. The highest BCUT2D eigenvalue weighted by Gasteiger charge is 2.21. The number of fused-ring (bicyclic) bond motifs is 3. The molecule has 0 unspecified atom stereocenters. The Morgan fingerprint density at radius 2 is 1.95 bits per heavy atom. The fourth-order valence-electron chi connectivity index (χ4n) is 2.41. The smallest absolute Gasteiger partial charge is 0.341 e. The minimum absolute atomic E-state index is 0.0848. The first kappa shape index (κ1) is 12.3. The van der Waals surface area contributed by atoms with E-state index in [4.69, 9.17) is 4.74 Å². The van der Waals surface area contributed by atoms with E-state index in [2.05, 4.69) is 9.72 Å². The van der Waals surface area contributed by atoms with Gasteiger partial charge in [0.15, 0.2) is 11.5 Å². The van der Waals surface area contributed by atoms with Gasteiger partial charge in [-0.25, -0.2) is 4.79 Å². The number of para-hydroxylation sites is 1. The van der Waals surface area contributed by atoms with Crippen molar-refractivity contribution < 1.29 is 19.4 Å². The molecule has 102 valence electrons. The Hall–Kier alpha value is -2.69. The van der Waals surface area contributed by atoms with Crippen molar-refractivity contribution in [3.05, 3.63) is 35.9 Å². The molecule has 5 heteroatoms. The number of rotatable bonds is 2. The first-order valence-electron chi connectivity index (χ1n) is 6.06. The van der Waals surface area contributed by atoms with Crippen LogP contribution < -0.4 is 4.74 Å². The molecule has 0 saturated carbocycles. The third-order valence-corrected chi connectivity index (χ3v) is 3.34. The average molecular weight is 271 g/mol. The van der Waals surface area contributed by atoms with E-state index >= 15 is 0 Å². The number of H-pyrrole nitrogens is 1. The molecular weight excluding hydrogens is 258 g/mol. The molecule has 0 spiro atoms. The molecular formula is C15H13NO4. The Morgan fingerprint density at radius 1 is 1.20 bits per heavy atom. The molecule has 2 N–H and O–H groups in total. The van der Waals surface area contributed by atoms with Crippen LogP contribution >= 0.6 is 0 Å². The van der Waals surface area contributed by atoms with Gasteiger partial charge in [-0.15, -0.1) is 0 Å². The number of phenols is 1. The van der Waals surface area contributed by atoms with Crippen LogP contribution in [0.2, 0.25) is 0 Å². The number of hydrogen-bond acceptors (Lipinski definition) is 4. The highest BCUT2D eigenvalue weighted by molar-refractivity contribution is 6.13. The van der Waals surface area contributed by atoms with E-state index in [-0.39, 0.29) is 17.1 Å². The van der Waals surface area contributed by atoms with Crippen LogP contribution in [0.1, 0.15) is 10.4 Å². The van der Waals surface area contributed by atoms with Gasteiger partial charge in [-0.1, -0.05) is 18.2 Å². The summed E-state index contributed by atoms with van der Waals surface area (Å²) in [4.78, 5) is 14.9. The molecule has 0 bridgehead atoms. The molecule has 0 atom stereocenters.